The predicted molar refractivity (Wildman–Crippen MR) is 86.7 cm³/mol. The average molecular weight is 317 g/mol. The molecular weight excluding hydrogens is 294 g/mol. The van der Waals surface area contributed by atoms with Crippen LogP contribution in [0.15, 0.2) is 24.5 Å². The van der Waals surface area contributed by atoms with Crippen molar-refractivity contribution in [2.45, 2.75) is 32.3 Å². The number of carbonyl (C=O) groups is 1. The highest BCUT2D eigenvalue weighted by atomic mass is 16.5. The molecule has 1 unspecified atom stereocenters. The molecule has 6 heteroatoms. The van der Waals surface area contributed by atoms with Gasteiger partial charge in [-0.3, -0.25) is 4.79 Å². The van der Waals surface area contributed by atoms with Crippen LogP contribution in [0, 0.1) is 6.92 Å². The van der Waals surface area contributed by atoms with Crippen molar-refractivity contribution in [3.63, 3.8) is 0 Å². The number of amides is 1. The summed E-state index contributed by atoms with van der Waals surface area (Å²) in [5.41, 5.74) is 2.35. The average Bonchev–Trinajstić information content (AvgIpc) is 3.19. The molecule has 1 amide bonds. The fraction of sp³-hybridized carbons (Fsp3) is 0.529. The van der Waals surface area contributed by atoms with Crippen LogP contribution in [0.5, 0.6) is 0 Å². The summed E-state index contributed by atoms with van der Waals surface area (Å²) in [6.45, 7) is 4.72. The third-order valence-electron chi connectivity index (χ3n) is 3.93. The molecule has 2 aromatic rings. The Morgan fingerprint density at radius 2 is 2.48 bits per heavy atom. The van der Waals surface area contributed by atoms with Crippen molar-refractivity contribution in [2.75, 3.05) is 26.4 Å². The predicted octanol–water partition coefficient (Wildman–Crippen LogP) is 1.96. The Labute approximate surface area is 135 Å². The molecule has 0 aliphatic carbocycles. The van der Waals surface area contributed by atoms with E-state index in [1.807, 2.05) is 29.7 Å². The number of hydrogen-bond acceptors (Lipinski definition) is 4. The van der Waals surface area contributed by atoms with Gasteiger partial charge in [0.25, 0.3) is 5.91 Å². The highest BCUT2D eigenvalue weighted by Crippen LogP contribution is 2.12. The molecule has 6 nitrogen and oxygen atoms in total. The standard InChI is InChI=1S/C17H23N3O3/c1-13-5-7-20-11-15(19-16(20)10-13)17(21)18-6-3-8-22-12-14-4-2-9-23-14/h5,7,10-11,14H,2-4,6,8-9,12H2,1H3,(H,18,21). The van der Waals surface area contributed by atoms with E-state index in [0.29, 0.717) is 25.5 Å². The van der Waals surface area contributed by atoms with E-state index in [1.165, 1.54) is 0 Å². The van der Waals surface area contributed by atoms with Gasteiger partial charge in [-0.1, -0.05) is 0 Å². The van der Waals surface area contributed by atoms with E-state index < -0.39 is 0 Å². The molecule has 0 radical (unpaired) electrons. The normalized spacial score (nSPS) is 17.7. The van der Waals surface area contributed by atoms with Gasteiger partial charge in [-0.05, 0) is 43.9 Å². The first-order valence-electron chi connectivity index (χ1n) is 8.15. The van der Waals surface area contributed by atoms with Crippen molar-refractivity contribution in [2.24, 2.45) is 0 Å². The zero-order chi connectivity index (χ0) is 16.1. The maximum atomic E-state index is 12.1. The van der Waals surface area contributed by atoms with Gasteiger partial charge in [-0.2, -0.15) is 0 Å². The summed E-state index contributed by atoms with van der Waals surface area (Å²) in [7, 11) is 0. The molecule has 0 aromatic carbocycles. The Kier molecular flexibility index (Phi) is 5.25. The molecule has 23 heavy (non-hydrogen) atoms. The van der Waals surface area contributed by atoms with Gasteiger partial charge in [-0.15, -0.1) is 0 Å². The molecule has 0 saturated carbocycles. The molecule has 1 N–H and O–H groups in total. The van der Waals surface area contributed by atoms with Crippen LogP contribution in [-0.2, 0) is 9.47 Å². The number of pyridine rings is 1. The van der Waals surface area contributed by atoms with Crippen molar-refractivity contribution in [1.29, 1.82) is 0 Å². The van der Waals surface area contributed by atoms with Gasteiger partial charge in [0, 0.05) is 32.2 Å². The molecule has 1 aliphatic rings. The Balaban J connectivity index is 1.38. The van der Waals surface area contributed by atoms with E-state index in [2.05, 4.69) is 10.3 Å². The number of fused-ring (bicyclic) bond motifs is 1. The number of nitrogens with zero attached hydrogens (tertiary/aromatic N) is 2. The molecule has 2 aromatic heterocycles. The van der Waals surface area contributed by atoms with Crippen LogP contribution in [0.4, 0.5) is 0 Å². The van der Waals surface area contributed by atoms with Crippen LogP contribution in [-0.4, -0.2) is 47.8 Å². The van der Waals surface area contributed by atoms with Crippen LogP contribution in [0.1, 0.15) is 35.3 Å². The van der Waals surface area contributed by atoms with Gasteiger partial charge in [0.05, 0.1) is 12.7 Å². The van der Waals surface area contributed by atoms with Crippen LogP contribution in [0.3, 0.4) is 0 Å². The van der Waals surface area contributed by atoms with Gasteiger partial charge in [0.1, 0.15) is 11.3 Å². The third kappa shape index (κ3) is 4.30. The van der Waals surface area contributed by atoms with E-state index in [-0.39, 0.29) is 12.0 Å². The summed E-state index contributed by atoms with van der Waals surface area (Å²) in [6.07, 6.45) is 6.91. The number of rotatable bonds is 7. The lowest BCUT2D eigenvalue weighted by Crippen LogP contribution is -2.26. The Morgan fingerprint density at radius 1 is 1.57 bits per heavy atom. The summed E-state index contributed by atoms with van der Waals surface area (Å²) >= 11 is 0. The number of hydrogen-bond donors (Lipinski definition) is 1. The van der Waals surface area contributed by atoms with Gasteiger partial charge in [0.15, 0.2) is 0 Å². The van der Waals surface area contributed by atoms with E-state index in [4.69, 9.17) is 9.47 Å². The first-order valence-corrected chi connectivity index (χ1v) is 8.15. The van der Waals surface area contributed by atoms with Crippen molar-refractivity contribution in [3.05, 3.63) is 35.8 Å². The van der Waals surface area contributed by atoms with E-state index in [0.717, 1.165) is 37.1 Å². The number of carbonyl (C=O) groups excluding carboxylic acids is 1. The number of nitrogens with one attached hydrogen (secondary N) is 1. The molecule has 1 fully saturated rings. The minimum absolute atomic E-state index is 0.148. The Morgan fingerprint density at radius 3 is 3.30 bits per heavy atom. The number of imidazole rings is 1. The van der Waals surface area contributed by atoms with Gasteiger partial charge in [0.2, 0.25) is 0 Å². The third-order valence-corrected chi connectivity index (χ3v) is 3.93. The second-order valence-corrected chi connectivity index (χ2v) is 5.92. The number of ether oxygens (including phenoxy) is 2. The summed E-state index contributed by atoms with van der Waals surface area (Å²) in [5, 5.41) is 2.88. The number of aryl methyl sites for hydroxylation is 1. The second kappa shape index (κ2) is 7.57. The van der Waals surface area contributed by atoms with Crippen molar-refractivity contribution in [3.8, 4) is 0 Å². The quantitative estimate of drug-likeness (QED) is 0.793. The fourth-order valence-electron chi connectivity index (χ4n) is 2.65. The molecule has 0 spiro atoms. The molecule has 3 rings (SSSR count). The topological polar surface area (TPSA) is 64.9 Å². The molecule has 1 saturated heterocycles. The van der Waals surface area contributed by atoms with Crippen LogP contribution >= 0.6 is 0 Å². The number of aromatic nitrogens is 2. The first kappa shape index (κ1) is 16.0. The molecule has 1 aliphatic heterocycles. The smallest absolute Gasteiger partial charge is 0.271 e. The SMILES string of the molecule is Cc1ccn2cc(C(=O)NCCCOCC3CCCO3)nc2c1. The maximum absolute atomic E-state index is 12.1. The minimum atomic E-state index is -0.148. The highest BCUT2D eigenvalue weighted by Gasteiger charge is 2.15. The monoisotopic (exact) mass is 317 g/mol. The zero-order valence-corrected chi connectivity index (χ0v) is 13.5. The molecular formula is C17H23N3O3. The highest BCUT2D eigenvalue weighted by molar-refractivity contribution is 5.92. The Bertz CT molecular complexity index is 662. The second-order valence-electron chi connectivity index (χ2n) is 5.92. The van der Waals surface area contributed by atoms with Crippen LogP contribution in [0.2, 0.25) is 0 Å². The molecule has 0 bridgehead atoms. The van der Waals surface area contributed by atoms with E-state index in [9.17, 15) is 4.79 Å². The summed E-state index contributed by atoms with van der Waals surface area (Å²) in [5.74, 6) is -0.148. The Hall–Kier alpha value is -1.92. The molecule has 124 valence electrons. The maximum Gasteiger partial charge on any atom is 0.271 e. The molecule has 3 heterocycles. The first-order chi connectivity index (χ1) is 11.2. The summed E-state index contributed by atoms with van der Waals surface area (Å²) < 4.78 is 12.9. The van der Waals surface area contributed by atoms with Crippen LogP contribution in [0.25, 0.3) is 5.65 Å². The minimum Gasteiger partial charge on any atom is -0.379 e. The lowest BCUT2D eigenvalue weighted by atomic mass is 10.2. The van der Waals surface area contributed by atoms with Crippen molar-refractivity contribution in [1.82, 2.24) is 14.7 Å². The van der Waals surface area contributed by atoms with Crippen LogP contribution < -0.4 is 5.32 Å². The summed E-state index contributed by atoms with van der Waals surface area (Å²) in [6, 6.07) is 3.94. The fourth-order valence-corrected chi connectivity index (χ4v) is 2.65. The lowest BCUT2D eigenvalue weighted by molar-refractivity contribution is 0.0166. The lowest BCUT2D eigenvalue weighted by Gasteiger charge is -2.10. The van der Waals surface area contributed by atoms with Crippen molar-refractivity contribution >= 4 is 11.6 Å². The molecule has 1 atom stereocenters. The summed E-state index contributed by atoms with van der Waals surface area (Å²) in [4.78, 5) is 16.4. The van der Waals surface area contributed by atoms with Gasteiger partial charge < -0.3 is 19.2 Å². The van der Waals surface area contributed by atoms with Crippen molar-refractivity contribution < 1.29 is 14.3 Å². The van der Waals surface area contributed by atoms with E-state index in [1.54, 1.807) is 6.20 Å². The van der Waals surface area contributed by atoms with Gasteiger partial charge >= 0.3 is 0 Å². The zero-order valence-electron chi connectivity index (χ0n) is 13.5. The van der Waals surface area contributed by atoms with Gasteiger partial charge in [-0.25, -0.2) is 4.98 Å². The largest absolute Gasteiger partial charge is 0.379 e. The van der Waals surface area contributed by atoms with E-state index >= 15 is 0 Å².